The second-order valence-electron chi connectivity index (χ2n) is 5.86. The van der Waals surface area contributed by atoms with E-state index in [1.54, 1.807) is 4.90 Å². The molecule has 0 saturated carbocycles. The van der Waals surface area contributed by atoms with Crippen molar-refractivity contribution in [2.45, 2.75) is 50.2 Å². The van der Waals surface area contributed by atoms with Crippen molar-refractivity contribution in [2.75, 3.05) is 11.4 Å². The molecule has 0 atom stereocenters. The van der Waals surface area contributed by atoms with Gasteiger partial charge in [0.25, 0.3) is 5.91 Å². The molecule has 1 fully saturated rings. The molecule has 0 N–H and O–H groups in total. The van der Waals surface area contributed by atoms with Gasteiger partial charge in [-0.05, 0) is 37.6 Å². The van der Waals surface area contributed by atoms with Crippen LogP contribution in [0.4, 0.5) is 5.69 Å². The number of unbranched alkanes of at least 4 members (excludes halogenated alkanes) is 1. The first-order valence-corrected chi connectivity index (χ1v) is 10.8. The molecule has 1 heterocycles. The number of halogens is 2. The third kappa shape index (κ3) is 4.05. The predicted octanol–water partition coefficient (Wildman–Crippen LogP) is 4.32. The predicted molar refractivity (Wildman–Crippen MR) is 94.1 cm³/mol. The molecule has 1 radical (unpaired) electrons. The Balaban J connectivity index is 2.22. The van der Waals surface area contributed by atoms with Crippen molar-refractivity contribution < 1.29 is 9.22 Å². The van der Waals surface area contributed by atoms with Gasteiger partial charge in [0, 0.05) is 11.3 Å². The molecule has 1 aromatic rings. The summed E-state index contributed by atoms with van der Waals surface area (Å²) in [5.41, 5.74) is 3.18. The first-order chi connectivity index (χ1) is 10.3. The molecular formula is C16H22Cl2NO2Si. The zero-order valence-corrected chi connectivity index (χ0v) is 15.8. The van der Waals surface area contributed by atoms with Gasteiger partial charge in [0.1, 0.15) is 0 Å². The molecule has 0 bridgehead atoms. The van der Waals surface area contributed by atoms with Gasteiger partial charge in [0.05, 0.1) is 13.2 Å². The molecule has 0 aromatic heterocycles. The fourth-order valence-electron chi connectivity index (χ4n) is 2.42. The Labute approximate surface area is 144 Å². The number of alkyl halides is 2. The normalized spacial score (nSPS) is 17.0. The molecule has 22 heavy (non-hydrogen) atoms. The number of carbonyl (C=O) groups is 1. The molecule has 1 aliphatic heterocycles. The Morgan fingerprint density at radius 2 is 2.09 bits per heavy atom. The van der Waals surface area contributed by atoms with Crippen LogP contribution in [0, 0.1) is 0 Å². The minimum atomic E-state index is -1.27. The first-order valence-electron chi connectivity index (χ1n) is 7.59. The number of anilines is 1. The average molecular weight is 359 g/mol. The van der Waals surface area contributed by atoms with Crippen LogP contribution in [0.3, 0.4) is 0 Å². The van der Waals surface area contributed by atoms with Gasteiger partial charge in [-0.2, -0.15) is 0 Å². The van der Waals surface area contributed by atoms with E-state index in [0.717, 1.165) is 30.5 Å². The maximum atomic E-state index is 12.1. The SMILES string of the molecule is CCCCc1ccc(N2CC(Cl)(Cl)C2=O)c(CO[Si](C)C)c1. The van der Waals surface area contributed by atoms with E-state index in [4.69, 9.17) is 27.6 Å². The Morgan fingerprint density at radius 3 is 2.64 bits per heavy atom. The molecule has 0 aliphatic carbocycles. The molecule has 1 amide bonds. The maximum Gasteiger partial charge on any atom is 0.265 e. The highest BCUT2D eigenvalue weighted by Gasteiger charge is 2.50. The van der Waals surface area contributed by atoms with Gasteiger partial charge in [-0.3, -0.25) is 4.79 Å². The number of aryl methyl sites for hydroxylation is 1. The van der Waals surface area contributed by atoms with Gasteiger partial charge in [0.15, 0.2) is 0 Å². The van der Waals surface area contributed by atoms with Crippen LogP contribution >= 0.6 is 23.2 Å². The number of rotatable bonds is 7. The number of benzene rings is 1. The summed E-state index contributed by atoms with van der Waals surface area (Å²) in [6.07, 6.45) is 3.37. The molecule has 3 nitrogen and oxygen atoms in total. The third-order valence-corrected chi connectivity index (χ3v) is 4.97. The zero-order valence-electron chi connectivity index (χ0n) is 13.3. The van der Waals surface area contributed by atoms with E-state index < -0.39 is 13.4 Å². The molecule has 2 rings (SSSR count). The van der Waals surface area contributed by atoms with Crippen molar-refractivity contribution in [1.82, 2.24) is 0 Å². The molecule has 1 aliphatic rings. The largest absolute Gasteiger partial charge is 0.413 e. The van der Waals surface area contributed by atoms with Crippen LogP contribution in [0.15, 0.2) is 18.2 Å². The molecular weight excluding hydrogens is 337 g/mol. The van der Waals surface area contributed by atoms with Gasteiger partial charge >= 0.3 is 0 Å². The van der Waals surface area contributed by atoms with Gasteiger partial charge in [-0.15, -0.1) is 0 Å². The van der Waals surface area contributed by atoms with Crippen LogP contribution in [-0.4, -0.2) is 25.8 Å². The smallest absolute Gasteiger partial charge is 0.265 e. The fourth-order valence-corrected chi connectivity index (χ4v) is 3.30. The highest BCUT2D eigenvalue weighted by molar-refractivity contribution is 6.62. The standard InChI is InChI=1S/C16H22Cl2NO2Si/c1-4-5-6-12-7-8-14(13(9-12)10-21-22(2)3)19-11-16(17,18)15(19)20/h7-9H,4-6,10-11H2,1-3H3. The summed E-state index contributed by atoms with van der Waals surface area (Å²) < 4.78 is 4.56. The number of hydrogen-bond acceptors (Lipinski definition) is 2. The molecule has 0 unspecified atom stereocenters. The van der Waals surface area contributed by atoms with Crippen LogP contribution < -0.4 is 4.90 Å². The maximum absolute atomic E-state index is 12.1. The lowest BCUT2D eigenvalue weighted by atomic mass is 10.0. The Kier molecular flexibility index (Phi) is 5.94. The first kappa shape index (κ1) is 17.8. The number of β-lactam (4-membered cyclic amide) rings is 1. The van der Waals surface area contributed by atoms with Gasteiger partial charge in [-0.1, -0.05) is 48.7 Å². The van der Waals surface area contributed by atoms with Crippen molar-refractivity contribution >= 4 is 43.8 Å². The van der Waals surface area contributed by atoms with Gasteiger partial charge < -0.3 is 9.33 Å². The molecule has 1 aromatic carbocycles. The van der Waals surface area contributed by atoms with Crippen LogP contribution in [-0.2, 0) is 22.2 Å². The average Bonchev–Trinajstić information content (AvgIpc) is 2.48. The Bertz CT molecular complexity index is 549. The topological polar surface area (TPSA) is 29.5 Å². The summed E-state index contributed by atoms with van der Waals surface area (Å²) in [5.74, 6) is -0.253. The van der Waals surface area contributed by atoms with Crippen molar-refractivity contribution in [3.8, 4) is 0 Å². The van der Waals surface area contributed by atoms with E-state index >= 15 is 0 Å². The number of nitrogens with zero attached hydrogens (tertiary/aromatic N) is 1. The minimum Gasteiger partial charge on any atom is -0.413 e. The second kappa shape index (κ2) is 7.34. The van der Waals surface area contributed by atoms with Crippen LogP contribution in [0.1, 0.15) is 30.9 Å². The fraction of sp³-hybridized carbons (Fsp3) is 0.562. The van der Waals surface area contributed by atoms with Crippen molar-refractivity contribution in [1.29, 1.82) is 0 Å². The lowest BCUT2D eigenvalue weighted by Crippen LogP contribution is -2.61. The monoisotopic (exact) mass is 358 g/mol. The number of hydrogen-bond donors (Lipinski definition) is 0. The summed E-state index contributed by atoms with van der Waals surface area (Å²) in [5, 5.41) is 0. The Morgan fingerprint density at radius 1 is 1.36 bits per heavy atom. The lowest BCUT2D eigenvalue weighted by molar-refractivity contribution is -0.122. The van der Waals surface area contributed by atoms with E-state index in [-0.39, 0.29) is 5.91 Å². The quantitative estimate of drug-likeness (QED) is 0.412. The number of carbonyl (C=O) groups excluding carboxylic acids is 1. The third-order valence-electron chi connectivity index (χ3n) is 3.68. The van der Waals surface area contributed by atoms with Gasteiger partial charge in [-0.25, -0.2) is 0 Å². The van der Waals surface area contributed by atoms with Crippen LogP contribution in [0.25, 0.3) is 0 Å². The molecule has 121 valence electrons. The second-order valence-corrected chi connectivity index (χ2v) is 9.45. The van der Waals surface area contributed by atoms with Crippen LogP contribution in [0.5, 0.6) is 0 Å². The molecule has 1 saturated heterocycles. The van der Waals surface area contributed by atoms with E-state index in [9.17, 15) is 4.79 Å². The molecule has 6 heteroatoms. The van der Waals surface area contributed by atoms with E-state index in [2.05, 4.69) is 32.2 Å². The van der Waals surface area contributed by atoms with Crippen molar-refractivity contribution in [3.63, 3.8) is 0 Å². The highest BCUT2D eigenvalue weighted by Crippen LogP contribution is 2.39. The van der Waals surface area contributed by atoms with E-state index in [0.29, 0.717) is 13.2 Å². The summed E-state index contributed by atoms with van der Waals surface area (Å²) in [4.78, 5) is 13.7. The van der Waals surface area contributed by atoms with Crippen molar-refractivity contribution in [3.05, 3.63) is 29.3 Å². The number of amides is 1. The summed E-state index contributed by atoms with van der Waals surface area (Å²) in [6, 6.07) is 6.21. The van der Waals surface area contributed by atoms with Gasteiger partial charge in [0.2, 0.25) is 13.4 Å². The highest BCUT2D eigenvalue weighted by atomic mass is 35.5. The Hall–Kier alpha value is -0.553. The van der Waals surface area contributed by atoms with E-state index in [1.165, 1.54) is 5.56 Å². The van der Waals surface area contributed by atoms with E-state index in [1.807, 2.05) is 6.07 Å². The summed E-state index contributed by atoms with van der Waals surface area (Å²) >= 11 is 11.9. The minimum absolute atomic E-state index is 0.253. The summed E-state index contributed by atoms with van der Waals surface area (Å²) in [7, 11) is -0.783. The molecule has 0 spiro atoms. The lowest BCUT2D eigenvalue weighted by Gasteiger charge is -2.41. The van der Waals surface area contributed by atoms with Crippen LogP contribution in [0.2, 0.25) is 13.1 Å². The van der Waals surface area contributed by atoms with Crippen molar-refractivity contribution in [2.24, 2.45) is 0 Å². The summed E-state index contributed by atoms with van der Waals surface area (Å²) in [6.45, 7) is 7.23. The zero-order chi connectivity index (χ0) is 16.3.